The molecular formula is C53H70N6O8S. The van der Waals surface area contributed by atoms with Gasteiger partial charge in [0, 0.05) is 31.9 Å². The molecular weight excluding hydrogens is 881 g/mol. The Morgan fingerprint density at radius 2 is 1.50 bits per heavy atom. The Morgan fingerprint density at radius 3 is 2.18 bits per heavy atom. The molecule has 0 aliphatic carbocycles. The number of fused-ring (bicyclic) bond motifs is 1. The summed E-state index contributed by atoms with van der Waals surface area (Å²) in [6.45, 7) is 12.0. The van der Waals surface area contributed by atoms with Crippen LogP contribution in [0.4, 0.5) is 17.1 Å². The molecule has 15 heteroatoms. The molecule has 1 aromatic heterocycles. The van der Waals surface area contributed by atoms with Crippen molar-refractivity contribution in [3.8, 4) is 11.5 Å². The summed E-state index contributed by atoms with van der Waals surface area (Å²) in [6, 6.07) is 23.2. The number of likely N-dealkylation sites (N-methyl/N-ethyl adjacent to an activating group) is 1. The fourth-order valence-electron chi connectivity index (χ4n) is 7.99. The largest absolute Gasteiger partial charge is 0.495 e. The van der Waals surface area contributed by atoms with Crippen molar-refractivity contribution in [3.63, 3.8) is 0 Å². The zero-order valence-electron chi connectivity index (χ0n) is 41.0. The molecule has 0 radical (unpaired) electrons. The lowest BCUT2D eigenvalue weighted by Gasteiger charge is -2.24. The molecule has 0 aliphatic heterocycles. The highest BCUT2D eigenvalue weighted by Gasteiger charge is 2.25. The number of sulfonamides is 1. The summed E-state index contributed by atoms with van der Waals surface area (Å²) in [5.74, 6) is -0.152. The van der Waals surface area contributed by atoms with Gasteiger partial charge in [0.15, 0.2) is 11.5 Å². The second kappa shape index (κ2) is 26.5. The van der Waals surface area contributed by atoms with Gasteiger partial charge in [0.05, 0.1) is 54.4 Å². The van der Waals surface area contributed by atoms with Crippen molar-refractivity contribution < 1.29 is 32.2 Å². The number of carbonyl (C=O) groups excluding carboxylic acids is 2. The second-order valence-electron chi connectivity index (χ2n) is 17.2. The zero-order valence-corrected chi connectivity index (χ0v) is 41.8. The summed E-state index contributed by atoms with van der Waals surface area (Å²) in [7, 11) is -1.90. The van der Waals surface area contributed by atoms with Gasteiger partial charge in [-0.25, -0.2) is 27.9 Å². The number of carbonyl (C=O) groups is 2. The summed E-state index contributed by atoms with van der Waals surface area (Å²) >= 11 is 0. The normalized spacial score (nSPS) is 11.7. The number of hydrogen-bond donors (Lipinski definition) is 2. The monoisotopic (exact) mass is 950 g/mol. The molecule has 0 unspecified atom stereocenters. The van der Waals surface area contributed by atoms with Crippen molar-refractivity contribution in [3.05, 3.63) is 117 Å². The van der Waals surface area contributed by atoms with E-state index in [1.165, 1.54) is 62.7 Å². The van der Waals surface area contributed by atoms with Crippen LogP contribution < -0.4 is 30.0 Å². The smallest absolute Gasteiger partial charge is 0.338 e. The quantitative estimate of drug-likeness (QED) is 0.0279. The number of unbranched alkanes of at least 4 members (excludes halogenated alkanes) is 9. The molecule has 0 saturated carbocycles. The van der Waals surface area contributed by atoms with E-state index < -0.39 is 21.9 Å². The number of nitrogens with zero attached hydrogens (tertiary/aromatic N) is 4. The van der Waals surface area contributed by atoms with E-state index in [0.717, 1.165) is 48.1 Å². The number of ether oxygens (including phenoxy) is 3. The topological polar surface area (TPSA) is 171 Å². The van der Waals surface area contributed by atoms with Crippen LogP contribution in [-0.4, -0.2) is 81.8 Å². The Morgan fingerprint density at radius 1 is 0.794 bits per heavy atom. The lowest BCUT2D eigenvalue weighted by atomic mass is 10.1. The molecule has 1 heterocycles. The first kappa shape index (κ1) is 52.9. The minimum atomic E-state index is -3.36. The predicted octanol–water partition coefficient (Wildman–Crippen LogP) is 10.0. The molecule has 2 N–H and O–H groups in total. The Balaban J connectivity index is 1.46. The van der Waals surface area contributed by atoms with E-state index in [1.807, 2.05) is 62.9 Å². The molecule has 14 nitrogen and oxygen atoms in total. The molecule has 0 atom stereocenters. The number of amides is 1. The van der Waals surface area contributed by atoms with Crippen molar-refractivity contribution in [2.75, 3.05) is 56.4 Å². The molecule has 0 saturated heterocycles. The molecule has 0 bridgehead atoms. The van der Waals surface area contributed by atoms with E-state index in [2.05, 4.69) is 17.0 Å². The van der Waals surface area contributed by atoms with E-state index in [1.54, 1.807) is 42.5 Å². The number of aryl methyl sites for hydroxylation is 3. The number of anilines is 2. The van der Waals surface area contributed by atoms with E-state index in [9.17, 15) is 22.8 Å². The number of hydrogen-bond acceptors (Lipinski definition) is 11. The van der Waals surface area contributed by atoms with Crippen LogP contribution in [0.2, 0.25) is 0 Å². The number of esters is 1. The second-order valence-corrected chi connectivity index (χ2v) is 19.1. The van der Waals surface area contributed by atoms with Crippen LogP contribution in [0.1, 0.15) is 117 Å². The van der Waals surface area contributed by atoms with Gasteiger partial charge in [-0.15, -0.1) is 0 Å². The number of rotatable bonds is 28. The lowest BCUT2D eigenvalue weighted by molar-refractivity contribution is -0.110. The fraction of sp³-hybridized carbons (Fsp3) is 0.453. The number of para-hydroxylation sites is 1. The van der Waals surface area contributed by atoms with E-state index >= 15 is 0 Å². The molecule has 0 spiro atoms. The summed E-state index contributed by atoms with van der Waals surface area (Å²) in [6.07, 6.45) is 13.2. The van der Waals surface area contributed by atoms with Crippen molar-refractivity contribution in [1.82, 2.24) is 14.3 Å². The van der Waals surface area contributed by atoms with Crippen molar-refractivity contribution in [2.24, 2.45) is 4.99 Å². The molecule has 0 aliphatic rings. The van der Waals surface area contributed by atoms with Crippen molar-refractivity contribution in [2.45, 2.75) is 112 Å². The average molecular weight is 951 g/mol. The maximum absolute atomic E-state index is 14.9. The summed E-state index contributed by atoms with van der Waals surface area (Å²) in [4.78, 5) is 54.6. The van der Waals surface area contributed by atoms with Crippen LogP contribution in [0.25, 0.3) is 10.9 Å². The molecule has 4 aromatic carbocycles. The van der Waals surface area contributed by atoms with E-state index in [0.29, 0.717) is 47.4 Å². The predicted molar refractivity (Wildman–Crippen MR) is 274 cm³/mol. The number of nitrogens with one attached hydrogen (secondary N) is 2. The maximum Gasteiger partial charge on any atom is 0.338 e. The van der Waals surface area contributed by atoms with Gasteiger partial charge in [-0.1, -0.05) is 94.5 Å². The zero-order chi connectivity index (χ0) is 49.1. The van der Waals surface area contributed by atoms with Gasteiger partial charge in [-0.2, -0.15) is 0 Å². The Kier molecular flexibility index (Phi) is 20.6. The highest BCUT2D eigenvalue weighted by atomic mass is 32.2. The van der Waals surface area contributed by atoms with Crippen molar-refractivity contribution >= 4 is 55.6 Å². The Labute approximate surface area is 402 Å². The third-order valence-electron chi connectivity index (χ3n) is 11.7. The highest BCUT2D eigenvalue weighted by Crippen LogP contribution is 2.29. The molecule has 68 heavy (non-hydrogen) atoms. The van der Waals surface area contributed by atoms with Gasteiger partial charge in [0.1, 0.15) is 11.5 Å². The molecule has 5 rings (SSSR count). The molecule has 366 valence electrons. The Bertz CT molecular complexity index is 2680. The summed E-state index contributed by atoms with van der Waals surface area (Å²) < 4.78 is 45.0. The van der Waals surface area contributed by atoms with Gasteiger partial charge in [-0.3, -0.25) is 14.2 Å². The summed E-state index contributed by atoms with van der Waals surface area (Å²) in [5.41, 5.74) is 4.41. The van der Waals surface area contributed by atoms with E-state index in [4.69, 9.17) is 24.2 Å². The number of benzene rings is 4. The van der Waals surface area contributed by atoms with Crippen LogP contribution >= 0.6 is 0 Å². The van der Waals surface area contributed by atoms with Crippen LogP contribution in [-0.2, 0) is 26.1 Å². The highest BCUT2D eigenvalue weighted by molar-refractivity contribution is 7.88. The third kappa shape index (κ3) is 15.8. The first-order valence-electron chi connectivity index (χ1n) is 24.0. The van der Waals surface area contributed by atoms with Crippen LogP contribution in [0.15, 0.2) is 88.6 Å². The van der Waals surface area contributed by atoms with Gasteiger partial charge < -0.3 is 24.4 Å². The third-order valence-corrected chi connectivity index (χ3v) is 12.5. The number of methoxy groups -OCH3 is 1. The van der Waals surface area contributed by atoms with Gasteiger partial charge in [-0.05, 0) is 106 Å². The standard InChI is InChI=1S/C53H70N6O8S/c1-8-10-11-12-13-14-15-16-17-20-33-67-53(62)41-25-29-48(65-6)46(37-41)57-51(60)49(55-44-27-26-42(36-39(44)4)58(9-2)32-30-54-68(7,63)64)50-56-45-23-19-18-22-43(45)52(61)59(50)31-21-34-66-47-28-24-38(3)35-40(47)5/h18-19,22-29,35-37,54H,8-17,20-21,30-34H2,1-7H3,(H,57,60). The lowest BCUT2D eigenvalue weighted by Crippen LogP contribution is -2.34. The Hall–Kier alpha value is -6.06. The maximum atomic E-state index is 14.9. The van der Waals surface area contributed by atoms with Crippen LogP contribution in [0.5, 0.6) is 11.5 Å². The minimum absolute atomic E-state index is 0.0363. The number of aromatic nitrogens is 2. The molecule has 1 amide bonds. The molecule has 5 aromatic rings. The fourth-order valence-corrected chi connectivity index (χ4v) is 8.46. The first-order valence-corrected chi connectivity index (χ1v) is 25.9. The first-order chi connectivity index (χ1) is 32.7. The SMILES string of the molecule is CCCCCCCCCCCCOC(=O)c1ccc(OC)c(NC(=O)C(=Nc2ccc(N(CC)CCNS(C)(=O)=O)cc2C)c2nc3ccccc3c(=O)n2CCCOc2ccc(C)cc2C)c1. The van der Waals surface area contributed by atoms with Gasteiger partial charge >= 0.3 is 5.97 Å². The van der Waals surface area contributed by atoms with Crippen molar-refractivity contribution in [1.29, 1.82) is 0 Å². The van der Waals surface area contributed by atoms with Crippen LogP contribution in [0, 0.1) is 20.8 Å². The van der Waals surface area contributed by atoms with Gasteiger partial charge in [0.25, 0.3) is 11.5 Å². The molecule has 0 fully saturated rings. The summed E-state index contributed by atoms with van der Waals surface area (Å²) in [5, 5.41) is 3.31. The van der Waals surface area contributed by atoms with E-state index in [-0.39, 0.29) is 54.6 Å². The average Bonchev–Trinajstić information content (AvgIpc) is 3.31. The van der Waals surface area contributed by atoms with Crippen LogP contribution in [0.3, 0.4) is 0 Å². The van der Waals surface area contributed by atoms with Gasteiger partial charge in [0.2, 0.25) is 10.0 Å². The minimum Gasteiger partial charge on any atom is -0.495 e. The number of aliphatic imine (C=N–C) groups is 1.